The molecule has 0 atom stereocenters. The average Bonchev–Trinajstić information content (AvgIpc) is 3.95. The summed E-state index contributed by atoms with van der Waals surface area (Å²) in [6, 6.07) is 76.2. The zero-order valence-electron chi connectivity index (χ0n) is 40.4. The van der Waals surface area contributed by atoms with Crippen LogP contribution >= 0.6 is 0 Å². The number of aromatic nitrogens is 8. The van der Waals surface area contributed by atoms with Crippen molar-refractivity contribution in [1.82, 2.24) is 39.0 Å². The first-order valence-electron chi connectivity index (χ1n) is 24.2. The second-order valence-electron chi connectivity index (χ2n) is 18.2. The largest absolute Gasteiger partial charge is 0.309 e. The third kappa shape index (κ3) is 8.14. The van der Waals surface area contributed by atoms with Gasteiger partial charge in [-0.15, -0.1) is 0 Å². The molecule has 344 valence electrons. The molecule has 72 heavy (non-hydrogen) atoms. The number of fused-ring (bicyclic) bond motifs is 6. The first kappa shape index (κ1) is 43.9. The van der Waals surface area contributed by atoms with E-state index < -0.39 is 0 Å². The molecule has 4 heterocycles. The van der Waals surface area contributed by atoms with Crippen molar-refractivity contribution in [3.8, 4) is 68.1 Å². The molecular formula is C64H48N8. The zero-order chi connectivity index (χ0) is 48.7. The Bertz CT molecular complexity index is 4100. The summed E-state index contributed by atoms with van der Waals surface area (Å²) >= 11 is 0. The Hall–Kier alpha value is -9.40. The Balaban J connectivity index is 0.000000149. The second kappa shape index (κ2) is 18.5. The lowest BCUT2D eigenvalue weighted by molar-refractivity contribution is 0.907. The number of para-hydroxylation sites is 4. The van der Waals surface area contributed by atoms with Gasteiger partial charge in [-0.25, -0.2) is 19.9 Å². The lowest BCUT2D eigenvalue weighted by Crippen LogP contribution is -2.06. The van der Waals surface area contributed by atoms with E-state index in [1.54, 1.807) is 0 Å². The highest BCUT2D eigenvalue weighted by Gasteiger charge is 2.20. The van der Waals surface area contributed by atoms with Crippen LogP contribution < -0.4 is 0 Å². The summed E-state index contributed by atoms with van der Waals surface area (Å²) in [5, 5.41) is 4.85. The van der Waals surface area contributed by atoms with Gasteiger partial charge in [-0.3, -0.25) is 4.57 Å². The minimum absolute atomic E-state index is 0.632. The minimum Gasteiger partial charge on any atom is -0.309 e. The van der Waals surface area contributed by atoms with Crippen LogP contribution in [0.25, 0.3) is 112 Å². The van der Waals surface area contributed by atoms with Gasteiger partial charge in [0.1, 0.15) is 11.6 Å². The van der Waals surface area contributed by atoms with Gasteiger partial charge in [0.25, 0.3) is 0 Å². The zero-order valence-corrected chi connectivity index (χ0v) is 40.4. The topological polar surface area (TPSA) is 87.2 Å². The highest BCUT2D eigenvalue weighted by atomic mass is 15.2. The maximum atomic E-state index is 4.94. The molecule has 0 spiro atoms. The first-order chi connectivity index (χ1) is 35.3. The van der Waals surface area contributed by atoms with E-state index in [1.165, 1.54) is 60.4 Å². The van der Waals surface area contributed by atoms with Gasteiger partial charge in [0.15, 0.2) is 17.5 Å². The van der Waals surface area contributed by atoms with Gasteiger partial charge in [0.2, 0.25) is 5.95 Å². The van der Waals surface area contributed by atoms with Crippen molar-refractivity contribution < 1.29 is 0 Å². The van der Waals surface area contributed by atoms with Crippen LogP contribution in [0.4, 0.5) is 0 Å². The van der Waals surface area contributed by atoms with Gasteiger partial charge in [0, 0.05) is 55.0 Å². The molecule has 0 radical (unpaired) electrons. The molecule has 0 bridgehead atoms. The van der Waals surface area contributed by atoms with Crippen molar-refractivity contribution in [3.05, 3.63) is 241 Å². The predicted molar refractivity (Wildman–Crippen MR) is 294 cm³/mol. The molecule has 0 aliphatic carbocycles. The number of hydrogen-bond donors (Lipinski definition) is 0. The third-order valence-electron chi connectivity index (χ3n) is 13.2. The molecule has 4 aromatic heterocycles. The number of hydrogen-bond acceptors (Lipinski definition) is 6. The third-order valence-corrected chi connectivity index (χ3v) is 13.2. The van der Waals surface area contributed by atoms with E-state index in [2.05, 4.69) is 196 Å². The Morgan fingerprint density at radius 1 is 0.278 bits per heavy atom. The highest BCUT2D eigenvalue weighted by molar-refractivity contribution is 6.15. The number of benzene rings is 9. The first-order valence-corrected chi connectivity index (χ1v) is 24.2. The fraction of sp³-hybridized carbons (Fsp3) is 0.0625. The van der Waals surface area contributed by atoms with Gasteiger partial charge in [-0.1, -0.05) is 193 Å². The van der Waals surface area contributed by atoms with E-state index in [9.17, 15) is 0 Å². The highest BCUT2D eigenvalue weighted by Crippen LogP contribution is 2.40. The molecule has 0 aliphatic rings. The minimum atomic E-state index is 0.632. The lowest BCUT2D eigenvalue weighted by atomic mass is 10.0. The predicted octanol–water partition coefficient (Wildman–Crippen LogP) is 15.5. The van der Waals surface area contributed by atoms with Crippen molar-refractivity contribution in [2.24, 2.45) is 0 Å². The molecule has 0 fully saturated rings. The summed E-state index contributed by atoms with van der Waals surface area (Å²) in [5.74, 6) is 4.07. The number of rotatable bonds is 7. The summed E-state index contributed by atoms with van der Waals surface area (Å²) in [5.41, 5.74) is 15.8. The molecule has 13 aromatic rings. The van der Waals surface area contributed by atoms with Crippen LogP contribution in [0.5, 0.6) is 0 Å². The van der Waals surface area contributed by atoms with E-state index in [1.807, 2.05) is 74.5 Å². The van der Waals surface area contributed by atoms with Gasteiger partial charge >= 0.3 is 0 Å². The molecule has 0 saturated carbocycles. The maximum Gasteiger partial charge on any atom is 0.238 e. The molecule has 0 amide bonds. The SMILES string of the molecule is Cc1ccc(-c2cccc3c4ccccc4n(-c4ccc(-c5nc(C)nc(-c6ccccc6)n5)cc4)c23)cc1.Cc1ccc(-c2cccc3c4ccccc4n(-c4nc(C)nc(-c5ccccc5)n4)c23)cc1. The van der Waals surface area contributed by atoms with Crippen molar-refractivity contribution in [2.75, 3.05) is 0 Å². The normalized spacial score (nSPS) is 11.3. The quantitative estimate of drug-likeness (QED) is 0.158. The van der Waals surface area contributed by atoms with Gasteiger partial charge in [-0.05, 0) is 75.2 Å². The Labute approximate surface area is 417 Å². The van der Waals surface area contributed by atoms with Crippen LogP contribution in [-0.4, -0.2) is 39.0 Å². The molecule has 0 aliphatic heterocycles. The maximum absolute atomic E-state index is 4.94. The Kier molecular flexibility index (Phi) is 11.3. The number of nitrogens with zero attached hydrogens (tertiary/aromatic N) is 8. The van der Waals surface area contributed by atoms with Crippen molar-refractivity contribution in [1.29, 1.82) is 0 Å². The van der Waals surface area contributed by atoms with Gasteiger partial charge < -0.3 is 4.57 Å². The number of aryl methyl sites for hydroxylation is 4. The molecule has 8 nitrogen and oxygen atoms in total. The van der Waals surface area contributed by atoms with Crippen LogP contribution in [-0.2, 0) is 0 Å². The summed E-state index contributed by atoms with van der Waals surface area (Å²) in [4.78, 5) is 28.4. The standard InChI is InChI=1S/C35H26N4.C29H22N4/c1-23-15-17-25(18-16-23)29-12-8-13-31-30-11-6-7-14-32(30)39(33(29)31)28-21-19-27(20-22-28)35-37-24(2)36-34(38-35)26-9-4-3-5-10-26;1-19-15-17-21(18-16-19)23-12-8-13-25-24-11-6-7-14-26(24)33(27(23)25)29-31-20(2)30-28(32-29)22-9-4-3-5-10-22/h3-22H,1-2H3;3-18H,1-2H3. The van der Waals surface area contributed by atoms with E-state index in [0.717, 1.165) is 39.0 Å². The summed E-state index contributed by atoms with van der Waals surface area (Å²) < 4.78 is 4.55. The van der Waals surface area contributed by atoms with Crippen LogP contribution in [0, 0.1) is 27.7 Å². The van der Waals surface area contributed by atoms with E-state index in [-0.39, 0.29) is 0 Å². The Morgan fingerprint density at radius 2 is 0.667 bits per heavy atom. The summed E-state index contributed by atoms with van der Waals surface area (Å²) in [7, 11) is 0. The summed E-state index contributed by atoms with van der Waals surface area (Å²) in [6.07, 6.45) is 0. The van der Waals surface area contributed by atoms with Crippen LogP contribution in [0.2, 0.25) is 0 Å². The van der Waals surface area contributed by atoms with Crippen LogP contribution in [0.15, 0.2) is 218 Å². The monoisotopic (exact) mass is 928 g/mol. The van der Waals surface area contributed by atoms with Gasteiger partial charge in [0.05, 0.1) is 22.1 Å². The van der Waals surface area contributed by atoms with E-state index >= 15 is 0 Å². The van der Waals surface area contributed by atoms with Crippen molar-refractivity contribution in [3.63, 3.8) is 0 Å². The molecule has 0 saturated heterocycles. The smallest absolute Gasteiger partial charge is 0.238 e. The lowest BCUT2D eigenvalue weighted by Gasteiger charge is -2.13. The molecule has 13 rings (SSSR count). The van der Waals surface area contributed by atoms with E-state index in [0.29, 0.717) is 35.1 Å². The fourth-order valence-corrected chi connectivity index (χ4v) is 9.82. The summed E-state index contributed by atoms with van der Waals surface area (Å²) in [6.45, 7) is 8.07. The van der Waals surface area contributed by atoms with E-state index in [4.69, 9.17) is 15.0 Å². The van der Waals surface area contributed by atoms with Crippen molar-refractivity contribution in [2.45, 2.75) is 27.7 Å². The molecule has 9 aromatic carbocycles. The van der Waals surface area contributed by atoms with Crippen LogP contribution in [0.1, 0.15) is 22.8 Å². The Morgan fingerprint density at radius 3 is 1.18 bits per heavy atom. The molecular weight excluding hydrogens is 881 g/mol. The second-order valence-corrected chi connectivity index (χ2v) is 18.2. The molecule has 0 unspecified atom stereocenters. The van der Waals surface area contributed by atoms with Crippen LogP contribution in [0.3, 0.4) is 0 Å². The van der Waals surface area contributed by atoms with Gasteiger partial charge in [-0.2, -0.15) is 9.97 Å². The fourth-order valence-electron chi connectivity index (χ4n) is 9.82. The van der Waals surface area contributed by atoms with Crippen molar-refractivity contribution >= 4 is 43.6 Å². The average molecular weight is 929 g/mol. The molecule has 8 heteroatoms. The molecule has 0 N–H and O–H groups in total.